The molecule has 0 bridgehead atoms. The van der Waals surface area contributed by atoms with Gasteiger partial charge in [0.05, 0.1) is 9.88 Å². The number of ether oxygens (including phenoxy) is 1. The molecule has 1 aromatic carbocycles. The lowest BCUT2D eigenvalue weighted by Crippen LogP contribution is -2.22. The number of nitrogens with one attached hydrogen (secondary N) is 1. The van der Waals surface area contributed by atoms with Gasteiger partial charge in [-0.25, -0.2) is 4.98 Å². The van der Waals surface area contributed by atoms with E-state index in [1.807, 2.05) is 25.3 Å². The van der Waals surface area contributed by atoms with E-state index >= 15 is 0 Å². The number of halogens is 1. The molecular weight excluding hydrogens is 336 g/mol. The summed E-state index contributed by atoms with van der Waals surface area (Å²) in [5.74, 6) is 0.924. The molecule has 108 valence electrons. The van der Waals surface area contributed by atoms with Gasteiger partial charge in [-0.2, -0.15) is 0 Å². The van der Waals surface area contributed by atoms with Crippen LogP contribution >= 0.6 is 27.3 Å². The summed E-state index contributed by atoms with van der Waals surface area (Å²) in [5.41, 5.74) is 1.16. The molecule has 0 fully saturated rings. The Labute approximate surface area is 132 Å². The highest BCUT2D eigenvalue weighted by molar-refractivity contribution is 9.10. The Morgan fingerprint density at radius 2 is 2.20 bits per heavy atom. The molecule has 20 heavy (non-hydrogen) atoms. The van der Waals surface area contributed by atoms with Gasteiger partial charge in [0.25, 0.3) is 0 Å². The van der Waals surface area contributed by atoms with E-state index in [-0.39, 0.29) is 0 Å². The molecule has 1 N–H and O–H groups in total. The van der Waals surface area contributed by atoms with Crippen LogP contribution in [0.3, 0.4) is 0 Å². The fourth-order valence-corrected chi connectivity index (χ4v) is 2.88. The Kier molecular flexibility index (Phi) is 5.57. The van der Waals surface area contributed by atoms with E-state index in [1.165, 1.54) is 0 Å². The van der Waals surface area contributed by atoms with Crippen molar-refractivity contribution in [2.45, 2.75) is 40.0 Å². The number of thiazole rings is 1. The van der Waals surface area contributed by atoms with Gasteiger partial charge in [-0.05, 0) is 25.1 Å². The van der Waals surface area contributed by atoms with Gasteiger partial charge >= 0.3 is 0 Å². The fraction of sp³-hybridized carbons (Fsp3) is 0.400. The van der Waals surface area contributed by atoms with Crippen molar-refractivity contribution in [1.82, 2.24) is 10.3 Å². The largest absolute Gasteiger partial charge is 0.488 e. The van der Waals surface area contributed by atoms with Crippen molar-refractivity contribution in [3.8, 4) is 5.75 Å². The van der Waals surface area contributed by atoms with Crippen molar-refractivity contribution < 1.29 is 4.74 Å². The predicted octanol–water partition coefficient (Wildman–Crippen LogP) is 4.29. The second kappa shape index (κ2) is 7.20. The first-order chi connectivity index (χ1) is 9.54. The van der Waals surface area contributed by atoms with Crippen molar-refractivity contribution in [1.29, 1.82) is 0 Å². The van der Waals surface area contributed by atoms with Crippen molar-refractivity contribution in [3.05, 3.63) is 44.3 Å². The smallest absolute Gasteiger partial charge is 0.124 e. The van der Waals surface area contributed by atoms with E-state index in [9.17, 15) is 0 Å². The molecule has 0 amide bonds. The highest BCUT2D eigenvalue weighted by Crippen LogP contribution is 2.25. The molecule has 1 aromatic heterocycles. The molecule has 2 aromatic rings. The minimum atomic E-state index is 0.450. The molecule has 3 nitrogen and oxygen atoms in total. The zero-order valence-electron chi connectivity index (χ0n) is 11.9. The highest BCUT2D eigenvalue weighted by atomic mass is 79.9. The van der Waals surface area contributed by atoms with E-state index in [0.29, 0.717) is 12.6 Å². The van der Waals surface area contributed by atoms with E-state index in [2.05, 4.69) is 46.1 Å². The third-order valence-corrected chi connectivity index (χ3v) is 4.14. The SMILES string of the molecule is Cc1ncc(COc2ccc(Br)cc2CNC(C)C)s1. The number of benzene rings is 1. The van der Waals surface area contributed by atoms with Gasteiger partial charge in [-0.1, -0.05) is 29.8 Å². The molecule has 0 atom stereocenters. The Balaban J connectivity index is 2.05. The topological polar surface area (TPSA) is 34.1 Å². The normalized spacial score (nSPS) is 11.1. The number of hydrogen-bond donors (Lipinski definition) is 1. The molecule has 0 saturated carbocycles. The summed E-state index contributed by atoms with van der Waals surface area (Å²) in [6, 6.07) is 6.57. The average molecular weight is 355 g/mol. The first-order valence-corrected chi connectivity index (χ1v) is 8.21. The number of rotatable bonds is 6. The molecule has 0 aliphatic rings. The minimum Gasteiger partial charge on any atom is -0.488 e. The van der Waals surface area contributed by atoms with Crippen LogP contribution in [-0.4, -0.2) is 11.0 Å². The maximum atomic E-state index is 5.93. The first kappa shape index (κ1) is 15.5. The van der Waals surface area contributed by atoms with Gasteiger partial charge in [-0.15, -0.1) is 11.3 Å². The van der Waals surface area contributed by atoms with Gasteiger partial charge in [-0.3, -0.25) is 0 Å². The number of aryl methyl sites for hydroxylation is 1. The highest BCUT2D eigenvalue weighted by Gasteiger charge is 2.07. The molecule has 0 unspecified atom stereocenters. The molecule has 0 saturated heterocycles. The summed E-state index contributed by atoms with van der Waals surface area (Å²) in [5, 5.41) is 4.49. The average Bonchev–Trinajstić information content (AvgIpc) is 2.81. The second-order valence-corrected chi connectivity index (χ2v) is 7.16. The monoisotopic (exact) mass is 354 g/mol. The van der Waals surface area contributed by atoms with E-state index in [0.717, 1.165) is 32.2 Å². The van der Waals surface area contributed by atoms with Crippen molar-refractivity contribution in [2.75, 3.05) is 0 Å². The van der Waals surface area contributed by atoms with Crippen LogP contribution in [0.4, 0.5) is 0 Å². The summed E-state index contributed by atoms with van der Waals surface area (Å²) < 4.78 is 7.00. The number of aromatic nitrogens is 1. The molecule has 0 spiro atoms. The summed E-state index contributed by atoms with van der Waals surface area (Å²) in [6.07, 6.45) is 1.88. The standard InChI is InChI=1S/C15H19BrN2OS/c1-10(2)17-7-12-6-13(16)4-5-15(12)19-9-14-8-18-11(3)20-14/h4-6,8,10,17H,7,9H2,1-3H3. The number of hydrogen-bond acceptors (Lipinski definition) is 4. The van der Waals surface area contributed by atoms with Crippen LogP contribution in [0.1, 0.15) is 29.3 Å². The lowest BCUT2D eigenvalue weighted by atomic mass is 10.2. The molecule has 5 heteroatoms. The van der Waals surface area contributed by atoms with Crippen LogP contribution in [0.15, 0.2) is 28.9 Å². The summed E-state index contributed by atoms with van der Waals surface area (Å²) >= 11 is 5.18. The van der Waals surface area contributed by atoms with Gasteiger partial charge in [0.2, 0.25) is 0 Å². The van der Waals surface area contributed by atoms with Crippen molar-refractivity contribution in [3.63, 3.8) is 0 Å². The maximum absolute atomic E-state index is 5.93. The summed E-state index contributed by atoms with van der Waals surface area (Å²) in [4.78, 5) is 5.39. The second-order valence-electron chi connectivity index (χ2n) is 4.92. The van der Waals surface area contributed by atoms with Gasteiger partial charge in [0.15, 0.2) is 0 Å². The first-order valence-electron chi connectivity index (χ1n) is 6.60. The van der Waals surface area contributed by atoms with Crippen LogP contribution < -0.4 is 10.1 Å². The third-order valence-electron chi connectivity index (χ3n) is 2.76. The quantitative estimate of drug-likeness (QED) is 0.839. The molecule has 1 heterocycles. The lowest BCUT2D eigenvalue weighted by molar-refractivity contribution is 0.305. The van der Waals surface area contributed by atoms with E-state index in [1.54, 1.807) is 11.3 Å². The van der Waals surface area contributed by atoms with E-state index < -0.39 is 0 Å². The Morgan fingerprint density at radius 1 is 1.40 bits per heavy atom. The summed E-state index contributed by atoms with van der Waals surface area (Å²) in [7, 11) is 0. The van der Waals surface area contributed by atoms with E-state index in [4.69, 9.17) is 4.74 Å². The Hall–Kier alpha value is -0.910. The zero-order chi connectivity index (χ0) is 14.5. The Morgan fingerprint density at radius 3 is 2.85 bits per heavy atom. The van der Waals surface area contributed by atoms with Gasteiger partial charge in [0.1, 0.15) is 12.4 Å². The molecule has 0 aliphatic heterocycles. The summed E-state index contributed by atoms with van der Waals surface area (Å²) in [6.45, 7) is 7.65. The molecule has 0 radical (unpaired) electrons. The minimum absolute atomic E-state index is 0.450. The fourth-order valence-electron chi connectivity index (χ4n) is 1.76. The van der Waals surface area contributed by atoms with Crippen molar-refractivity contribution in [2.24, 2.45) is 0 Å². The van der Waals surface area contributed by atoms with Crippen LogP contribution in [0.5, 0.6) is 5.75 Å². The predicted molar refractivity (Wildman–Crippen MR) is 87.3 cm³/mol. The van der Waals surface area contributed by atoms with Crippen molar-refractivity contribution >= 4 is 27.3 Å². The Bertz CT molecular complexity index is 569. The van der Waals surface area contributed by atoms with Crippen LogP contribution in [0.2, 0.25) is 0 Å². The molecule has 2 rings (SSSR count). The molecular formula is C15H19BrN2OS. The third kappa shape index (κ3) is 4.58. The van der Waals surface area contributed by atoms with Gasteiger partial charge < -0.3 is 10.1 Å². The van der Waals surface area contributed by atoms with Crippen LogP contribution in [-0.2, 0) is 13.2 Å². The maximum Gasteiger partial charge on any atom is 0.124 e. The van der Waals surface area contributed by atoms with Crippen LogP contribution in [0, 0.1) is 6.92 Å². The molecule has 0 aliphatic carbocycles. The zero-order valence-corrected chi connectivity index (χ0v) is 14.3. The number of nitrogens with zero attached hydrogens (tertiary/aromatic N) is 1. The lowest BCUT2D eigenvalue weighted by Gasteiger charge is -2.13. The van der Waals surface area contributed by atoms with Gasteiger partial charge in [0, 0.05) is 28.8 Å². The van der Waals surface area contributed by atoms with Crippen LogP contribution in [0.25, 0.3) is 0 Å².